The summed E-state index contributed by atoms with van der Waals surface area (Å²) in [5, 5.41) is 9.75. The van der Waals surface area contributed by atoms with Gasteiger partial charge in [0.15, 0.2) is 6.61 Å². The molecular weight excluding hydrogens is 272 g/mol. The van der Waals surface area contributed by atoms with E-state index in [0.717, 1.165) is 12.3 Å². The quantitative estimate of drug-likeness (QED) is 0.821. The second kappa shape index (κ2) is 6.36. The van der Waals surface area contributed by atoms with Gasteiger partial charge in [0.2, 0.25) is 17.6 Å². The number of hydrogen-bond acceptors (Lipinski definition) is 6. The van der Waals surface area contributed by atoms with E-state index in [1.807, 2.05) is 30.3 Å². The summed E-state index contributed by atoms with van der Waals surface area (Å²) in [6.45, 7) is 1.63. The van der Waals surface area contributed by atoms with Crippen LogP contribution in [0.1, 0.15) is 11.7 Å². The van der Waals surface area contributed by atoms with Gasteiger partial charge >= 0.3 is 0 Å². The van der Waals surface area contributed by atoms with Crippen molar-refractivity contribution in [1.82, 2.24) is 20.8 Å². The average molecular weight is 288 g/mol. The Morgan fingerprint density at radius 1 is 1.29 bits per heavy atom. The number of ether oxygens (including phenoxy) is 1. The molecule has 110 valence electrons. The molecule has 7 heteroatoms. The van der Waals surface area contributed by atoms with Gasteiger partial charge in [-0.15, -0.1) is 0 Å². The molecule has 2 heterocycles. The summed E-state index contributed by atoms with van der Waals surface area (Å²) >= 11 is 0. The van der Waals surface area contributed by atoms with Crippen molar-refractivity contribution in [1.29, 1.82) is 0 Å². The molecular formula is C14H16N4O3. The van der Waals surface area contributed by atoms with E-state index in [9.17, 15) is 4.79 Å². The molecule has 1 unspecified atom stereocenters. The maximum Gasteiger partial charge on any atom is 0.237 e. The zero-order valence-electron chi connectivity index (χ0n) is 11.4. The minimum atomic E-state index is -0.318. The molecule has 1 aliphatic rings. The Balaban J connectivity index is 1.55. The Morgan fingerprint density at radius 3 is 2.95 bits per heavy atom. The van der Waals surface area contributed by atoms with Gasteiger partial charge in [-0.2, -0.15) is 4.98 Å². The topological polar surface area (TPSA) is 89.3 Å². The van der Waals surface area contributed by atoms with Crippen LogP contribution in [-0.2, 0) is 17.8 Å². The van der Waals surface area contributed by atoms with E-state index in [2.05, 4.69) is 20.8 Å². The van der Waals surface area contributed by atoms with Crippen molar-refractivity contribution >= 4 is 5.91 Å². The highest BCUT2D eigenvalue weighted by Gasteiger charge is 2.24. The Bertz CT molecular complexity index is 599. The lowest BCUT2D eigenvalue weighted by Crippen LogP contribution is -2.53. The molecule has 2 N–H and O–H groups in total. The van der Waals surface area contributed by atoms with Crippen molar-refractivity contribution in [3.05, 3.63) is 42.0 Å². The van der Waals surface area contributed by atoms with Crippen molar-refractivity contribution in [2.75, 3.05) is 13.1 Å². The van der Waals surface area contributed by atoms with E-state index in [1.165, 1.54) is 0 Å². The molecule has 1 saturated heterocycles. The highest BCUT2D eigenvalue weighted by molar-refractivity contribution is 5.82. The van der Waals surface area contributed by atoms with Gasteiger partial charge < -0.3 is 19.9 Å². The highest BCUT2D eigenvalue weighted by atomic mass is 16.5. The molecule has 0 aliphatic carbocycles. The first-order valence-electron chi connectivity index (χ1n) is 6.81. The van der Waals surface area contributed by atoms with Crippen LogP contribution in [-0.4, -0.2) is 35.2 Å². The summed E-state index contributed by atoms with van der Waals surface area (Å²) in [4.78, 5) is 15.9. The van der Waals surface area contributed by atoms with Crippen molar-refractivity contribution < 1.29 is 14.1 Å². The van der Waals surface area contributed by atoms with Gasteiger partial charge in [0.05, 0.1) is 12.5 Å². The molecule has 3 rings (SSSR count). The van der Waals surface area contributed by atoms with Crippen LogP contribution in [0.5, 0.6) is 5.75 Å². The zero-order chi connectivity index (χ0) is 14.5. The first-order chi connectivity index (χ1) is 10.3. The summed E-state index contributed by atoms with van der Waals surface area (Å²) in [5.74, 6) is 1.60. The molecule has 1 aliphatic heterocycles. The minimum Gasteiger partial charge on any atom is -0.485 e. The van der Waals surface area contributed by atoms with Crippen molar-refractivity contribution in [2.24, 2.45) is 0 Å². The van der Waals surface area contributed by atoms with Gasteiger partial charge in [0.25, 0.3) is 0 Å². The van der Waals surface area contributed by atoms with E-state index < -0.39 is 0 Å². The molecule has 0 bridgehead atoms. The van der Waals surface area contributed by atoms with Crippen LogP contribution in [0.25, 0.3) is 0 Å². The Labute approximate surface area is 121 Å². The number of hydrogen-bond donors (Lipinski definition) is 2. The third-order valence-electron chi connectivity index (χ3n) is 3.13. The van der Waals surface area contributed by atoms with Crippen LogP contribution in [0, 0.1) is 0 Å². The van der Waals surface area contributed by atoms with Crippen molar-refractivity contribution in [3.8, 4) is 5.75 Å². The smallest absolute Gasteiger partial charge is 0.237 e. The van der Waals surface area contributed by atoms with E-state index in [4.69, 9.17) is 9.26 Å². The maximum atomic E-state index is 11.6. The summed E-state index contributed by atoms with van der Waals surface area (Å²) in [6, 6.07) is 9.10. The molecule has 7 nitrogen and oxygen atoms in total. The lowest BCUT2D eigenvalue weighted by atomic mass is 10.1. The first-order valence-corrected chi connectivity index (χ1v) is 6.81. The minimum absolute atomic E-state index is 0.0402. The second-order valence-electron chi connectivity index (χ2n) is 4.71. The van der Waals surface area contributed by atoms with Gasteiger partial charge in [-0.3, -0.25) is 4.79 Å². The largest absolute Gasteiger partial charge is 0.485 e. The summed E-state index contributed by atoms with van der Waals surface area (Å²) < 4.78 is 10.7. The molecule has 0 spiro atoms. The van der Waals surface area contributed by atoms with Crippen LogP contribution in [0.3, 0.4) is 0 Å². The number of piperazine rings is 1. The number of aromatic nitrogens is 2. The summed E-state index contributed by atoms with van der Waals surface area (Å²) in [6.07, 6.45) is 0.379. The molecule has 1 aromatic heterocycles. The fourth-order valence-electron chi connectivity index (χ4n) is 2.08. The van der Waals surface area contributed by atoms with E-state index in [0.29, 0.717) is 24.7 Å². The first kappa shape index (κ1) is 13.6. The molecule has 1 amide bonds. The SMILES string of the molecule is O=C1NCCNC1Cc1nc(COc2ccccc2)no1. The van der Waals surface area contributed by atoms with Crippen LogP contribution in [0.4, 0.5) is 0 Å². The van der Waals surface area contributed by atoms with Crippen LogP contribution < -0.4 is 15.4 Å². The highest BCUT2D eigenvalue weighted by Crippen LogP contribution is 2.11. The molecule has 1 aromatic carbocycles. The van der Waals surface area contributed by atoms with Gasteiger partial charge in [0.1, 0.15) is 5.75 Å². The Kier molecular flexibility index (Phi) is 4.11. The van der Waals surface area contributed by atoms with E-state index >= 15 is 0 Å². The van der Waals surface area contributed by atoms with Crippen LogP contribution in [0.15, 0.2) is 34.9 Å². The predicted octanol–water partition coefficient (Wildman–Crippen LogP) is 0.279. The fraction of sp³-hybridized carbons (Fsp3) is 0.357. The van der Waals surface area contributed by atoms with E-state index in [-0.39, 0.29) is 18.6 Å². The monoisotopic (exact) mass is 288 g/mol. The molecule has 2 aromatic rings. The molecule has 1 atom stereocenters. The standard InChI is InChI=1S/C14H16N4O3/c19-14-11(15-6-7-16-14)8-13-17-12(18-21-13)9-20-10-4-2-1-3-5-10/h1-5,11,15H,6-9H2,(H,16,19). The summed E-state index contributed by atoms with van der Waals surface area (Å²) in [5.41, 5.74) is 0. The molecule has 21 heavy (non-hydrogen) atoms. The predicted molar refractivity (Wildman–Crippen MR) is 73.6 cm³/mol. The van der Waals surface area contributed by atoms with E-state index in [1.54, 1.807) is 0 Å². The zero-order valence-corrected chi connectivity index (χ0v) is 11.4. The number of carbonyl (C=O) groups excluding carboxylic acids is 1. The molecule has 1 fully saturated rings. The van der Waals surface area contributed by atoms with Gasteiger partial charge in [-0.05, 0) is 12.1 Å². The normalized spacial score (nSPS) is 18.3. The van der Waals surface area contributed by atoms with Gasteiger partial charge in [-0.1, -0.05) is 23.4 Å². The molecule has 0 saturated carbocycles. The number of rotatable bonds is 5. The maximum absolute atomic E-state index is 11.6. The van der Waals surface area contributed by atoms with Crippen LogP contribution >= 0.6 is 0 Å². The van der Waals surface area contributed by atoms with Gasteiger partial charge in [-0.25, -0.2) is 0 Å². The average Bonchev–Trinajstić information content (AvgIpc) is 2.96. The Hall–Kier alpha value is -2.41. The number of amides is 1. The number of benzene rings is 1. The molecule has 0 radical (unpaired) electrons. The van der Waals surface area contributed by atoms with Gasteiger partial charge in [0, 0.05) is 13.1 Å². The third kappa shape index (κ3) is 3.57. The van der Waals surface area contributed by atoms with Crippen molar-refractivity contribution in [2.45, 2.75) is 19.1 Å². The lowest BCUT2D eigenvalue weighted by Gasteiger charge is -2.21. The second-order valence-corrected chi connectivity index (χ2v) is 4.71. The fourth-order valence-corrected chi connectivity index (χ4v) is 2.08. The number of nitrogens with zero attached hydrogens (tertiary/aromatic N) is 2. The van der Waals surface area contributed by atoms with Crippen LogP contribution in [0.2, 0.25) is 0 Å². The van der Waals surface area contributed by atoms with Crippen molar-refractivity contribution in [3.63, 3.8) is 0 Å². The Morgan fingerprint density at radius 2 is 2.14 bits per heavy atom. The summed E-state index contributed by atoms with van der Waals surface area (Å²) in [7, 11) is 0. The lowest BCUT2D eigenvalue weighted by molar-refractivity contribution is -0.124. The number of nitrogens with one attached hydrogen (secondary N) is 2. The third-order valence-corrected chi connectivity index (χ3v) is 3.13. The number of carbonyl (C=O) groups is 1. The number of para-hydroxylation sites is 1.